The van der Waals surface area contributed by atoms with Crippen LogP contribution in [0.2, 0.25) is 5.02 Å². The number of amides is 2. The van der Waals surface area contributed by atoms with Gasteiger partial charge in [0.1, 0.15) is 17.2 Å². The largest absolute Gasteiger partial charge is 0.495 e. The number of methoxy groups -OCH3 is 2. The first-order valence-electron chi connectivity index (χ1n) is 6.13. The number of carbonyl (C=O) groups excluding carboxylic acids is 2. The van der Waals surface area contributed by atoms with E-state index < -0.39 is 5.91 Å². The lowest BCUT2D eigenvalue weighted by molar-refractivity contribution is -0.121. The molecule has 21 heavy (non-hydrogen) atoms. The Bertz CT molecular complexity index is 616. The van der Waals surface area contributed by atoms with Gasteiger partial charge in [0.15, 0.2) is 0 Å². The van der Waals surface area contributed by atoms with Crippen LogP contribution in [0.3, 0.4) is 0 Å². The maximum absolute atomic E-state index is 12.1. The molecule has 1 aliphatic heterocycles. The molecule has 0 bridgehead atoms. The van der Waals surface area contributed by atoms with Gasteiger partial charge in [-0.2, -0.15) is 5.10 Å². The number of nitrogens with zero attached hydrogens (tertiary/aromatic N) is 1. The zero-order valence-corrected chi connectivity index (χ0v) is 12.3. The predicted molar refractivity (Wildman–Crippen MR) is 78.0 cm³/mol. The van der Waals surface area contributed by atoms with Gasteiger partial charge in [-0.1, -0.05) is 11.6 Å². The molecule has 0 saturated carbocycles. The van der Waals surface area contributed by atoms with Gasteiger partial charge in [-0.25, -0.2) is 5.43 Å². The van der Waals surface area contributed by atoms with Gasteiger partial charge in [-0.15, -0.1) is 0 Å². The van der Waals surface area contributed by atoms with Gasteiger partial charge in [0.25, 0.3) is 5.91 Å². The highest BCUT2D eigenvalue weighted by Crippen LogP contribution is 2.35. The molecule has 0 aliphatic carbocycles. The number of anilines is 1. The highest BCUT2D eigenvalue weighted by Gasteiger charge is 2.20. The highest BCUT2D eigenvalue weighted by atomic mass is 35.5. The monoisotopic (exact) mass is 311 g/mol. The van der Waals surface area contributed by atoms with Gasteiger partial charge in [0, 0.05) is 25.0 Å². The summed E-state index contributed by atoms with van der Waals surface area (Å²) in [6.07, 6.45) is 0.512. The Balaban J connectivity index is 2.22. The van der Waals surface area contributed by atoms with E-state index in [0.717, 1.165) is 0 Å². The van der Waals surface area contributed by atoms with Gasteiger partial charge in [0.2, 0.25) is 5.91 Å². The van der Waals surface area contributed by atoms with E-state index in [2.05, 4.69) is 15.8 Å². The SMILES string of the molecule is COc1cc(NC(=O)C2=NNC(=O)CC2)c(OC)cc1Cl. The first-order valence-corrected chi connectivity index (χ1v) is 6.51. The molecule has 7 nitrogen and oxygen atoms in total. The molecule has 2 rings (SSSR count). The number of halogens is 1. The van der Waals surface area contributed by atoms with Crippen molar-refractivity contribution in [3.8, 4) is 11.5 Å². The number of hydrazone groups is 1. The third-order valence-electron chi connectivity index (χ3n) is 2.89. The van der Waals surface area contributed by atoms with Crippen LogP contribution in [0.4, 0.5) is 5.69 Å². The Labute approximate surface area is 126 Å². The fraction of sp³-hybridized carbons (Fsp3) is 0.308. The Morgan fingerprint density at radius 2 is 2.00 bits per heavy atom. The molecule has 0 fully saturated rings. The van der Waals surface area contributed by atoms with Crippen molar-refractivity contribution >= 4 is 34.8 Å². The Morgan fingerprint density at radius 3 is 2.57 bits per heavy atom. The van der Waals surface area contributed by atoms with Crippen molar-refractivity contribution in [3.05, 3.63) is 17.2 Å². The number of carbonyl (C=O) groups is 2. The minimum absolute atomic E-state index is 0.211. The summed E-state index contributed by atoms with van der Waals surface area (Å²) >= 11 is 5.99. The Morgan fingerprint density at radius 1 is 1.29 bits per heavy atom. The molecule has 0 aromatic heterocycles. The standard InChI is InChI=1S/C13H14ClN3O4/c1-20-10-6-9(11(21-2)5-7(10)14)15-13(19)8-3-4-12(18)17-16-8/h5-6H,3-4H2,1-2H3,(H,15,19)(H,17,18). The molecular weight excluding hydrogens is 298 g/mol. The molecule has 1 aliphatic rings. The quantitative estimate of drug-likeness (QED) is 0.883. The topological polar surface area (TPSA) is 89.0 Å². The smallest absolute Gasteiger partial charge is 0.271 e. The van der Waals surface area contributed by atoms with Gasteiger partial charge < -0.3 is 14.8 Å². The number of benzene rings is 1. The Kier molecular flexibility index (Phi) is 4.64. The average Bonchev–Trinajstić information content (AvgIpc) is 2.49. The summed E-state index contributed by atoms with van der Waals surface area (Å²) in [6, 6.07) is 3.10. The van der Waals surface area contributed by atoms with Crippen molar-refractivity contribution in [2.45, 2.75) is 12.8 Å². The lowest BCUT2D eigenvalue weighted by Crippen LogP contribution is -2.32. The van der Waals surface area contributed by atoms with E-state index in [1.165, 1.54) is 14.2 Å². The average molecular weight is 312 g/mol. The number of hydrogen-bond acceptors (Lipinski definition) is 5. The summed E-state index contributed by atoms with van der Waals surface area (Å²) in [5.74, 6) is 0.177. The molecule has 112 valence electrons. The third kappa shape index (κ3) is 3.43. The molecule has 0 radical (unpaired) electrons. The number of nitrogens with one attached hydrogen (secondary N) is 2. The van der Waals surface area contributed by atoms with Crippen LogP contribution in [0.1, 0.15) is 12.8 Å². The summed E-state index contributed by atoms with van der Waals surface area (Å²) in [6.45, 7) is 0. The Hall–Kier alpha value is -2.28. The fourth-order valence-electron chi connectivity index (χ4n) is 1.79. The predicted octanol–water partition coefficient (Wildman–Crippen LogP) is 1.56. The van der Waals surface area contributed by atoms with Crippen molar-refractivity contribution in [1.29, 1.82) is 0 Å². The van der Waals surface area contributed by atoms with Crippen LogP contribution in [0.5, 0.6) is 11.5 Å². The zero-order chi connectivity index (χ0) is 15.4. The summed E-state index contributed by atoms with van der Waals surface area (Å²) < 4.78 is 10.3. The van der Waals surface area contributed by atoms with Crippen molar-refractivity contribution in [3.63, 3.8) is 0 Å². The highest BCUT2D eigenvalue weighted by molar-refractivity contribution is 6.43. The lowest BCUT2D eigenvalue weighted by Gasteiger charge is -2.15. The first-order chi connectivity index (χ1) is 10.0. The van der Waals surface area contributed by atoms with E-state index in [0.29, 0.717) is 22.2 Å². The van der Waals surface area contributed by atoms with Crippen LogP contribution >= 0.6 is 11.6 Å². The maximum atomic E-state index is 12.1. The van der Waals surface area contributed by atoms with Gasteiger partial charge >= 0.3 is 0 Å². The minimum atomic E-state index is -0.419. The molecule has 0 unspecified atom stereocenters. The van der Waals surface area contributed by atoms with Crippen LogP contribution in [-0.4, -0.2) is 31.7 Å². The van der Waals surface area contributed by atoms with E-state index >= 15 is 0 Å². The molecule has 1 heterocycles. The first kappa shape index (κ1) is 15.1. The second kappa shape index (κ2) is 6.45. The van der Waals surface area contributed by atoms with Crippen molar-refractivity contribution < 1.29 is 19.1 Å². The molecule has 1 aromatic rings. The summed E-state index contributed by atoms with van der Waals surface area (Å²) in [5.41, 5.74) is 2.92. The van der Waals surface area contributed by atoms with E-state index in [9.17, 15) is 9.59 Å². The minimum Gasteiger partial charge on any atom is -0.495 e. The van der Waals surface area contributed by atoms with Crippen LogP contribution in [0.25, 0.3) is 0 Å². The van der Waals surface area contributed by atoms with Gasteiger partial charge in [-0.3, -0.25) is 9.59 Å². The van der Waals surface area contributed by atoms with Crippen molar-refractivity contribution in [2.75, 3.05) is 19.5 Å². The fourth-order valence-corrected chi connectivity index (χ4v) is 2.02. The van der Waals surface area contributed by atoms with E-state index in [1.807, 2.05) is 0 Å². The second-order valence-electron chi connectivity index (χ2n) is 4.23. The van der Waals surface area contributed by atoms with Crippen LogP contribution in [-0.2, 0) is 9.59 Å². The summed E-state index contributed by atoms with van der Waals surface area (Å²) in [5, 5.41) is 6.76. The molecule has 0 atom stereocenters. The molecule has 8 heteroatoms. The second-order valence-corrected chi connectivity index (χ2v) is 4.64. The third-order valence-corrected chi connectivity index (χ3v) is 3.18. The molecular formula is C13H14ClN3O4. The number of hydrogen-bond donors (Lipinski definition) is 2. The van der Waals surface area contributed by atoms with Crippen LogP contribution in [0.15, 0.2) is 17.2 Å². The molecule has 0 saturated heterocycles. The molecule has 0 spiro atoms. The normalized spacial score (nSPS) is 14.0. The molecule has 1 aromatic carbocycles. The van der Waals surface area contributed by atoms with E-state index in [4.69, 9.17) is 21.1 Å². The zero-order valence-electron chi connectivity index (χ0n) is 11.5. The van der Waals surface area contributed by atoms with Gasteiger partial charge in [0.05, 0.1) is 24.9 Å². The van der Waals surface area contributed by atoms with Gasteiger partial charge in [-0.05, 0) is 0 Å². The maximum Gasteiger partial charge on any atom is 0.271 e. The number of rotatable bonds is 4. The summed E-state index contributed by atoms with van der Waals surface area (Å²) in [4.78, 5) is 23.1. The van der Waals surface area contributed by atoms with Crippen LogP contribution in [0, 0.1) is 0 Å². The van der Waals surface area contributed by atoms with E-state index in [1.54, 1.807) is 12.1 Å². The summed E-state index contributed by atoms with van der Waals surface area (Å²) in [7, 11) is 2.94. The molecule has 2 N–H and O–H groups in total. The van der Waals surface area contributed by atoms with Crippen molar-refractivity contribution in [1.82, 2.24) is 5.43 Å². The molecule has 2 amide bonds. The van der Waals surface area contributed by atoms with E-state index in [-0.39, 0.29) is 24.5 Å². The van der Waals surface area contributed by atoms with Crippen LogP contribution < -0.4 is 20.2 Å². The van der Waals surface area contributed by atoms with Crippen molar-refractivity contribution in [2.24, 2.45) is 5.10 Å². The lowest BCUT2D eigenvalue weighted by atomic mass is 10.1. The number of ether oxygens (including phenoxy) is 2.